The van der Waals surface area contributed by atoms with Crippen LogP contribution in [-0.2, 0) is 17.9 Å². The van der Waals surface area contributed by atoms with Gasteiger partial charge in [-0.1, -0.05) is 44.2 Å². The van der Waals surface area contributed by atoms with E-state index in [0.717, 1.165) is 55.9 Å². The number of nitrogens with one attached hydrogen (secondary N) is 1. The highest BCUT2D eigenvalue weighted by Crippen LogP contribution is 2.22. The second-order valence-electron chi connectivity index (χ2n) is 9.68. The molecule has 172 valence electrons. The van der Waals surface area contributed by atoms with Crippen molar-refractivity contribution in [3.05, 3.63) is 59.8 Å². The lowest BCUT2D eigenvalue weighted by atomic mass is 9.91. The van der Waals surface area contributed by atoms with Gasteiger partial charge in [-0.3, -0.25) is 14.6 Å². The zero-order valence-electron chi connectivity index (χ0n) is 19.5. The summed E-state index contributed by atoms with van der Waals surface area (Å²) in [6.07, 6.45) is 3.17. The summed E-state index contributed by atoms with van der Waals surface area (Å²) in [7, 11) is 0. The molecule has 3 heterocycles. The zero-order chi connectivity index (χ0) is 22.3. The Morgan fingerprint density at radius 1 is 0.938 bits per heavy atom. The Kier molecular flexibility index (Phi) is 7.76. The molecule has 0 radical (unpaired) electrons. The monoisotopic (exact) mass is 435 g/mol. The predicted octanol–water partition coefficient (Wildman–Crippen LogP) is 3.00. The number of amides is 1. The number of nitrogens with zero attached hydrogens (tertiary/aromatic N) is 4. The number of carbonyl (C=O) groups excluding carboxylic acids is 1. The Morgan fingerprint density at radius 2 is 1.62 bits per heavy atom. The lowest BCUT2D eigenvalue weighted by Crippen LogP contribution is -2.49. The van der Waals surface area contributed by atoms with Crippen molar-refractivity contribution in [1.29, 1.82) is 0 Å². The van der Waals surface area contributed by atoms with Crippen LogP contribution in [0.1, 0.15) is 31.4 Å². The van der Waals surface area contributed by atoms with Crippen molar-refractivity contribution < 1.29 is 4.79 Å². The first-order valence-corrected chi connectivity index (χ1v) is 12.0. The van der Waals surface area contributed by atoms with Crippen molar-refractivity contribution in [2.24, 2.45) is 11.8 Å². The molecule has 32 heavy (non-hydrogen) atoms. The second-order valence-corrected chi connectivity index (χ2v) is 9.68. The Balaban J connectivity index is 1.17. The number of hydrogen-bond acceptors (Lipinski definition) is 5. The fourth-order valence-electron chi connectivity index (χ4n) is 5.08. The third-order valence-corrected chi connectivity index (χ3v) is 6.58. The lowest BCUT2D eigenvalue weighted by molar-refractivity contribution is -0.122. The summed E-state index contributed by atoms with van der Waals surface area (Å²) in [5, 5.41) is 3.08. The molecule has 2 aliphatic heterocycles. The predicted molar refractivity (Wildman–Crippen MR) is 129 cm³/mol. The number of aromatic nitrogens is 1. The number of carbonyl (C=O) groups is 1. The Hall–Kier alpha value is -2.44. The highest BCUT2D eigenvalue weighted by atomic mass is 16.2. The SMILES string of the molecule is CC1CC(C)CN(Cc2ccc(CNC(=O)CN3CCN(c4ccccn4)CC3)cc2)C1. The summed E-state index contributed by atoms with van der Waals surface area (Å²) in [4.78, 5) is 23.9. The van der Waals surface area contributed by atoms with Crippen molar-refractivity contribution >= 4 is 11.7 Å². The minimum atomic E-state index is 0.0941. The Labute approximate surface area is 192 Å². The molecule has 1 amide bonds. The van der Waals surface area contributed by atoms with Gasteiger partial charge in [-0.15, -0.1) is 0 Å². The second kappa shape index (κ2) is 10.9. The van der Waals surface area contributed by atoms with Gasteiger partial charge in [-0.25, -0.2) is 4.98 Å². The third-order valence-electron chi connectivity index (χ3n) is 6.58. The molecular weight excluding hydrogens is 398 g/mol. The quantitative estimate of drug-likeness (QED) is 0.725. The maximum Gasteiger partial charge on any atom is 0.234 e. The Morgan fingerprint density at radius 3 is 2.28 bits per heavy atom. The van der Waals surface area contributed by atoms with E-state index in [0.29, 0.717) is 13.1 Å². The van der Waals surface area contributed by atoms with E-state index in [1.165, 1.54) is 25.1 Å². The van der Waals surface area contributed by atoms with Crippen LogP contribution in [0.15, 0.2) is 48.7 Å². The van der Waals surface area contributed by atoms with Crippen molar-refractivity contribution in [3.63, 3.8) is 0 Å². The normalized spacial score (nSPS) is 22.6. The van der Waals surface area contributed by atoms with E-state index in [1.807, 2.05) is 24.4 Å². The minimum absolute atomic E-state index is 0.0941. The minimum Gasteiger partial charge on any atom is -0.354 e. The van der Waals surface area contributed by atoms with Crippen LogP contribution in [0.2, 0.25) is 0 Å². The maximum absolute atomic E-state index is 12.4. The van der Waals surface area contributed by atoms with Gasteiger partial charge in [0.05, 0.1) is 6.54 Å². The van der Waals surface area contributed by atoms with E-state index in [2.05, 4.69) is 63.1 Å². The summed E-state index contributed by atoms with van der Waals surface area (Å²) in [6, 6.07) is 14.7. The van der Waals surface area contributed by atoms with Gasteiger partial charge in [-0.05, 0) is 41.5 Å². The number of hydrogen-bond donors (Lipinski definition) is 1. The van der Waals surface area contributed by atoms with Gasteiger partial charge in [0.25, 0.3) is 0 Å². The van der Waals surface area contributed by atoms with Crippen molar-refractivity contribution in [1.82, 2.24) is 20.1 Å². The molecule has 0 saturated carbocycles. The van der Waals surface area contributed by atoms with Gasteiger partial charge in [0.15, 0.2) is 0 Å². The first kappa shape index (κ1) is 22.7. The van der Waals surface area contributed by atoms with Crippen LogP contribution in [0.25, 0.3) is 0 Å². The van der Waals surface area contributed by atoms with Gasteiger partial charge in [0.1, 0.15) is 5.82 Å². The molecule has 1 aromatic carbocycles. The van der Waals surface area contributed by atoms with Crippen LogP contribution in [0, 0.1) is 11.8 Å². The summed E-state index contributed by atoms with van der Waals surface area (Å²) in [5.41, 5.74) is 2.51. The Bertz CT molecular complexity index is 838. The fraction of sp³-hybridized carbons (Fsp3) is 0.538. The van der Waals surface area contributed by atoms with E-state index in [9.17, 15) is 4.79 Å². The number of piperazine rings is 1. The van der Waals surface area contributed by atoms with Crippen LogP contribution in [0.4, 0.5) is 5.82 Å². The highest BCUT2D eigenvalue weighted by molar-refractivity contribution is 5.78. The van der Waals surface area contributed by atoms with Gasteiger partial charge in [0, 0.05) is 58.6 Å². The molecule has 2 aromatic rings. The first-order chi connectivity index (χ1) is 15.5. The first-order valence-electron chi connectivity index (χ1n) is 12.0. The third kappa shape index (κ3) is 6.53. The van der Waals surface area contributed by atoms with Crippen LogP contribution in [0.5, 0.6) is 0 Å². The molecule has 2 saturated heterocycles. The smallest absolute Gasteiger partial charge is 0.234 e. The molecule has 0 aliphatic carbocycles. The lowest BCUT2D eigenvalue weighted by Gasteiger charge is -2.35. The van der Waals surface area contributed by atoms with E-state index in [4.69, 9.17) is 0 Å². The van der Waals surface area contributed by atoms with Gasteiger partial charge >= 0.3 is 0 Å². The zero-order valence-corrected chi connectivity index (χ0v) is 19.5. The van der Waals surface area contributed by atoms with Crippen LogP contribution >= 0.6 is 0 Å². The molecule has 2 aliphatic rings. The van der Waals surface area contributed by atoms with E-state index in [-0.39, 0.29) is 5.91 Å². The van der Waals surface area contributed by atoms with Crippen LogP contribution in [0.3, 0.4) is 0 Å². The number of benzene rings is 1. The largest absolute Gasteiger partial charge is 0.354 e. The maximum atomic E-state index is 12.4. The van der Waals surface area contributed by atoms with Crippen LogP contribution in [-0.4, -0.2) is 66.5 Å². The molecule has 1 N–H and O–H groups in total. The van der Waals surface area contributed by atoms with Gasteiger partial charge in [-0.2, -0.15) is 0 Å². The molecule has 1 aromatic heterocycles. The standard InChI is InChI=1S/C26H37N5O/c1-21-15-22(2)18-30(17-21)19-24-8-6-23(7-9-24)16-28-26(32)20-29-11-13-31(14-12-29)25-5-3-4-10-27-25/h3-10,21-22H,11-20H2,1-2H3,(H,28,32). The average Bonchev–Trinajstić information content (AvgIpc) is 2.79. The topological polar surface area (TPSA) is 51.7 Å². The molecule has 0 bridgehead atoms. The molecule has 6 heteroatoms. The molecule has 0 spiro atoms. The summed E-state index contributed by atoms with van der Waals surface area (Å²) < 4.78 is 0. The number of rotatable bonds is 7. The number of likely N-dealkylation sites (tertiary alicyclic amines) is 1. The van der Waals surface area contributed by atoms with E-state index >= 15 is 0 Å². The number of pyridine rings is 1. The van der Waals surface area contributed by atoms with E-state index < -0.39 is 0 Å². The molecule has 2 fully saturated rings. The van der Waals surface area contributed by atoms with Gasteiger partial charge < -0.3 is 10.2 Å². The summed E-state index contributed by atoms with van der Waals surface area (Å²) in [5.74, 6) is 2.68. The number of anilines is 1. The molecular formula is C26H37N5O. The highest BCUT2D eigenvalue weighted by Gasteiger charge is 2.22. The average molecular weight is 436 g/mol. The summed E-state index contributed by atoms with van der Waals surface area (Å²) in [6.45, 7) is 12.7. The number of piperidine rings is 1. The van der Waals surface area contributed by atoms with Gasteiger partial charge in [0.2, 0.25) is 5.91 Å². The van der Waals surface area contributed by atoms with Crippen molar-refractivity contribution in [2.45, 2.75) is 33.4 Å². The van der Waals surface area contributed by atoms with Crippen LogP contribution < -0.4 is 10.2 Å². The molecule has 4 rings (SSSR count). The molecule has 2 atom stereocenters. The van der Waals surface area contributed by atoms with Crippen molar-refractivity contribution in [2.75, 3.05) is 50.7 Å². The molecule has 2 unspecified atom stereocenters. The fourth-order valence-corrected chi connectivity index (χ4v) is 5.08. The van der Waals surface area contributed by atoms with E-state index in [1.54, 1.807) is 0 Å². The van der Waals surface area contributed by atoms with Crippen molar-refractivity contribution in [3.8, 4) is 0 Å². The summed E-state index contributed by atoms with van der Waals surface area (Å²) >= 11 is 0. The molecule has 6 nitrogen and oxygen atoms in total.